The molecule has 1 aliphatic heterocycles. The Labute approximate surface area is 124 Å². The molecule has 2 N–H and O–H groups in total. The van der Waals surface area contributed by atoms with Crippen LogP contribution in [0.3, 0.4) is 0 Å². The van der Waals surface area contributed by atoms with Crippen LogP contribution in [0.15, 0.2) is 18.2 Å². The van der Waals surface area contributed by atoms with E-state index in [1.807, 2.05) is 0 Å². The van der Waals surface area contributed by atoms with Crippen molar-refractivity contribution in [1.29, 1.82) is 0 Å². The van der Waals surface area contributed by atoms with Gasteiger partial charge in [0.15, 0.2) is 0 Å². The van der Waals surface area contributed by atoms with Crippen LogP contribution in [0.25, 0.3) is 0 Å². The summed E-state index contributed by atoms with van der Waals surface area (Å²) in [7, 11) is 1.55. The summed E-state index contributed by atoms with van der Waals surface area (Å²) < 4.78 is 5.18. The van der Waals surface area contributed by atoms with Gasteiger partial charge in [-0.2, -0.15) is 0 Å². The fraction of sp³-hybridized carbons (Fsp3) is 0.462. The van der Waals surface area contributed by atoms with Crippen LogP contribution in [0, 0.1) is 0 Å². The summed E-state index contributed by atoms with van der Waals surface area (Å²) in [5.74, 6) is 0.423. The largest absolute Gasteiger partial charge is 0.496 e. The van der Waals surface area contributed by atoms with E-state index in [2.05, 4.69) is 10.6 Å². The van der Waals surface area contributed by atoms with Crippen molar-refractivity contribution in [3.63, 3.8) is 0 Å². The highest BCUT2D eigenvalue weighted by molar-refractivity contribution is 6.31. The second-order valence-electron chi connectivity index (χ2n) is 4.34. The van der Waals surface area contributed by atoms with Gasteiger partial charge in [-0.05, 0) is 44.1 Å². The highest BCUT2D eigenvalue weighted by Gasteiger charge is 2.19. The third-order valence-corrected chi connectivity index (χ3v) is 3.32. The Morgan fingerprint density at radius 3 is 2.74 bits per heavy atom. The van der Waals surface area contributed by atoms with Crippen LogP contribution < -0.4 is 15.4 Å². The maximum atomic E-state index is 12.2. The Bertz CT molecular complexity index is 435. The molecule has 6 heteroatoms. The third kappa shape index (κ3) is 4.27. The second-order valence-corrected chi connectivity index (χ2v) is 4.78. The number of hydrogen-bond donors (Lipinski definition) is 2. The number of carbonyl (C=O) groups is 1. The van der Waals surface area contributed by atoms with Gasteiger partial charge in [0.1, 0.15) is 5.75 Å². The summed E-state index contributed by atoms with van der Waals surface area (Å²) in [5, 5.41) is 6.82. The number of hydrogen-bond acceptors (Lipinski definition) is 3. The molecule has 0 spiro atoms. The molecule has 1 fully saturated rings. The lowest BCUT2D eigenvalue weighted by Crippen LogP contribution is -2.42. The van der Waals surface area contributed by atoms with Crippen LogP contribution in [0.4, 0.5) is 0 Å². The Kier molecular flexibility index (Phi) is 6.42. The highest BCUT2D eigenvalue weighted by Crippen LogP contribution is 2.22. The number of carbonyl (C=O) groups excluding carboxylic acids is 1. The summed E-state index contributed by atoms with van der Waals surface area (Å²) in [6.07, 6.45) is 1.91. The molecular formula is C13H18Cl2N2O2. The minimum Gasteiger partial charge on any atom is -0.496 e. The highest BCUT2D eigenvalue weighted by atomic mass is 35.5. The number of nitrogens with one attached hydrogen (secondary N) is 2. The van der Waals surface area contributed by atoms with Gasteiger partial charge in [0.05, 0.1) is 12.7 Å². The first-order valence-electron chi connectivity index (χ1n) is 6.06. The van der Waals surface area contributed by atoms with Gasteiger partial charge < -0.3 is 15.4 Å². The number of amides is 1. The summed E-state index contributed by atoms with van der Waals surface area (Å²) in [6.45, 7) is 1.88. The zero-order valence-electron chi connectivity index (χ0n) is 10.7. The topological polar surface area (TPSA) is 50.4 Å². The molecule has 0 unspecified atom stereocenters. The number of rotatable bonds is 3. The number of halogens is 2. The molecule has 1 saturated heterocycles. The van der Waals surface area contributed by atoms with E-state index in [9.17, 15) is 4.79 Å². The summed E-state index contributed by atoms with van der Waals surface area (Å²) in [6, 6.07) is 5.28. The molecule has 1 amide bonds. The molecule has 0 aliphatic carbocycles. The molecule has 19 heavy (non-hydrogen) atoms. The van der Waals surface area contributed by atoms with Crippen molar-refractivity contribution in [3.8, 4) is 5.75 Å². The monoisotopic (exact) mass is 304 g/mol. The Hall–Kier alpha value is -0.970. The van der Waals surface area contributed by atoms with E-state index >= 15 is 0 Å². The molecule has 2 rings (SSSR count). The lowest BCUT2D eigenvalue weighted by atomic mass is 10.1. The molecule has 1 heterocycles. The van der Waals surface area contributed by atoms with Gasteiger partial charge in [-0.3, -0.25) is 4.79 Å². The van der Waals surface area contributed by atoms with Gasteiger partial charge in [-0.15, -0.1) is 12.4 Å². The number of piperidine rings is 1. The second kappa shape index (κ2) is 7.58. The average molecular weight is 305 g/mol. The quantitative estimate of drug-likeness (QED) is 0.900. The molecule has 0 aromatic heterocycles. The lowest BCUT2D eigenvalue weighted by molar-refractivity contribution is 0.0926. The first kappa shape index (κ1) is 16.1. The standard InChI is InChI=1S/C13H17ClN2O2.ClH/c1-18-12-3-2-9(14)8-11(12)13(17)16-10-4-6-15-7-5-10;/h2-3,8,10,15H,4-7H2,1H3,(H,16,17);1H. The lowest BCUT2D eigenvalue weighted by Gasteiger charge is -2.24. The molecule has 106 valence electrons. The molecule has 0 saturated carbocycles. The van der Waals surface area contributed by atoms with Gasteiger partial charge in [-0.1, -0.05) is 11.6 Å². The van der Waals surface area contributed by atoms with E-state index in [0.29, 0.717) is 16.3 Å². The molecule has 1 aromatic rings. The predicted molar refractivity (Wildman–Crippen MR) is 78.6 cm³/mol. The first-order chi connectivity index (χ1) is 8.70. The molecule has 0 atom stereocenters. The maximum Gasteiger partial charge on any atom is 0.255 e. The SMILES string of the molecule is COc1ccc(Cl)cc1C(=O)NC1CCNCC1.Cl. The maximum absolute atomic E-state index is 12.2. The van der Waals surface area contributed by atoms with Crippen LogP contribution in [-0.2, 0) is 0 Å². The van der Waals surface area contributed by atoms with Crippen molar-refractivity contribution >= 4 is 29.9 Å². The van der Waals surface area contributed by atoms with Crippen molar-refractivity contribution in [2.45, 2.75) is 18.9 Å². The van der Waals surface area contributed by atoms with Crippen molar-refractivity contribution < 1.29 is 9.53 Å². The van der Waals surface area contributed by atoms with Crippen LogP contribution in [0.5, 0.6) is 5.75 Å². The molecular weight excluding hydrogens is 287 g/mol. The summed E-state index contributed by atoms with van der Waals surface area (Å²) >= 11 is 5.92. The van der Waals surface area contributed by atoms with E-state index in [1.54, 1.807) is 25.3 Å². The van der Waals surface area contributed by atoms with E-state index in [1.165, 1.54) is 0 Å². The minimum atomic E-state index is -0.124. The molecule has 1 aromatic carbocycles. The van der Waals surface area contributed by atoms with Gasteiger partial charge in [0.2, 0.25) is 0 Å². The molecule has 1 aliphatic rings. The fourth-order valence-corrected chi connectivity index (χ4v) is 2.26. The van der Waals surface area contributed by atoms with Crippen molar-refractivity contribution in [1.82, 2.24) is 10.6 Å². The van der Waals surface area contributed by atoms with Gasteiger partial charge >= 0.3 is 0 Å². The first-order valence-corrected chi connectivity index (χ1v) is 6.43. The van der Waals surface area contributed by atoms with Gasteiger partial charge in [-0.25, -0.2) is 0 Å². The average Bonchev–Trinajstić information content (AvgIpc) is 2.40. The van der Waals surface area contributed by atoms with Gasteiger partial charge in [0, 0.05) is 11.1 Å². The minimum absolute atomic E-state index is 0. The zero-order chi connectivity index (χ0) is 13.0. The van der Waals surface area contributed by atoms with Crippen LogP contribution in [-0.4, -0.2) is 32.1 Å². The fourth-order valence-electron chi connectivity index (χ4n) is 2.09. The number of methoxy groups -OCH3 is 1. The third-order valence-electron chi connectivity index (χ3n) is 3.08. The van der Waals surface area contributed by atoms with Crippen LogP contribution >= 0.6 is 24.0 Å². The summed E-state index contributed by atoms with van der Waals surface area (Å²) in [4.78, 5) is 12.2. The normalized spacial score (nSPS) is 15.5. The molecule has 0 bridgehead atoms. The van der Waals surface area contributed by atoms with E-state index < -0.39 is 0 Å². The Morgan fingerprint density at radius 1 is 1.42 bits per heavy atom. The zero-order valence-corrected chi connectivity index (χ0v) is 12.3. The van der Waals surface area contributed by atoms with Crippen molar-refractivity contribution in [3.05, 3.63) is 28.8 Å². The van der Waals surface area contributed by atoms with E-state index in [4.69, 9.17) is 16.3 Å². The summed E-state index contributed by atoms with van der Waals surface area (Å²) in [5.41, 5.74) is 0.489. The Morgan fingerprint density at radius 2 is 2.11 bits per heavy atom. The smallest absolute Gasteiger partial charge is 0.255 e. The van der Waals surface area contributed by atoms with Crippen LogP contribution in [0.2, 0.25) is 5.02 Å². The van der Waals surface area contributed by atoms with Gasteiger partial charge in [0.25, 0.3) is 5.91 Å². The van der Waals surface area contributed by atoms with Crippen molar-refractivity contribution in [2.24, 2.45) is 0 Å². The van der Waals surface area contributed by atoms with Crippen LogP contribution in [0.1, 0.15) is 23.2 Å². The predicted octanol–water partition coefficient (Wildman–Crippen LogP) is 2.25. The van der Waals surface area contributed by atoms with E-state index in [-0.39, 0.29) is 24.4 Å². The number of ether oxygens (including phenoxy) is 1. The molecule has 0 radical (unpaired) electrons. The van der Waals surface area contributed by atoms with Crippen molar-refractivity contribution in [2.75, 3.05) is 20.2 Å². The molecule has 4 nitrogen and oxygen atoms in total. The Balaban J connectivity index is 0.00000180. The van der Waals surface area contributed by atoms with E-state index in [0.717, 1.165) is 25.9 Å². The number of benzene rings is 1.